The third kappa shape index (κ3) is 3.13. The summed E-state index contributed by atoms with van der Waals surface area (Å²) < 4.78 is 7.10. The Bertz CT molecular complexity index is 793. The van der Waals surface area contributed by atoms with Gasteiger partial charge in [-0.1, -0.05) is 13.8 Å². The van der Waals surface area contributed by atoms with Gasteiger partial charge in [0.1, 0.15) is 17.2 Å². The zero-order valence-electron chi connectivity index (χ0n) is 14.4. The third-order valence-corrected chi connectivity index (χ3v) is 4.66. The molecule has 0 aromatic carbocycles. The molecule has 6 heteroatoms. The second kappa shape index (κ2) is 6.63. The van der Waals surface area contributed by atoms with Crippen LogP contribution in [0.25, 0.3) is 0 Å². The number of likely N-dealkylation sites (tertiary alicyclic amines) is 1. The van der Waals surface area contributed by atoms with Gasteiger partial charge < -0.3 is 9.32 Å². The number of nitrogens with zero attached hydrogens (tertiary/aromatic N) is 3. The first-order valence-electron chi connectivity index (χ1n) is 8.43. The van der Waals surface area contributed by atoms with Crippen molar-refractivity contribution in [2.45, 2.75) is 39.2 Å². The Labute approximate surface area is 141 Å². The molecule has 0 aliphatic carbocycles. The van der Waals surface area contributed by atoms with Crippen molar-refractivity contribution in [2.75, 3.05) is 6.54 Å². The molecule has 3 heterocycles. The van der Waals surface area contributed by atoms with Gasteiger partial charge >= 0.3 is 0 Å². The van der Waals surface area contributed by atoms with Gasteiger partial charge in [-0.15, -0.1) is 0 Å². The third-order valence-electron chi connectivity index (χ3n) is 4.66. The van der Waals surface area contributed by atoms with Crippen molar-refractivity contribution in [2.24, 2.45) is 13.0 Å². The number of carbonyl (C=O) groups is 1. The van der Waals surface area contributed by atoms with Crippen LogP contribution in [0.15, 0.2) is 33.5 Å². The normalized spacial score (nSPS) is 21.0. The van der Waals surface area contributed by atoms with E-state index >= 15 is 0 Å². The summed E-state index contributed by atoms with van der Waals surface area (Å²) in [6, 6.07) is 6.74. The zero-order chi connectivity index (χ0) is 17.3. The molecule has 2 aromatic rings. The first kappa shape index (κ1) is 16.5. The maximum Gasteiger partial charge on any atom is 0.274 e. The Balaban J connectivity index is 1.91. The lowest BCUT2D eigenvalue weighted by Crippen LogP contribution is -2.41. The molecule has 0 N–H and O–H groups in total. The molecule has 6 nitrogen and oxygen atoms in total. The minimum absolute atomic E-state index is 0.0828. The monoisotopic (exact) mass is 329 g/mol. The molecule has 2 aromatic heterocycles. The van der Waals surface area contributed by atoms with E-state index in [-0.39, 0.29) is 17.5 Å². The lowest BCUT2D eigenvalue weighted by Gasteiger charge is -2.37. The molecule has 0 saturated carbocycles. The predicted molar refractivity (Wildman–Crippen MR) is 89.7 cm³/mol. The summed E-state index contributed by atoms with van der Waals surface area (Å²) in [5, 5.41) is 4.10. The second-order valence-electron chi connectivity index (χ2n) is 6.48. The van der Waals surface area contributed by atoms with Gasteiger partial charge in [-0.05, 0) is 37.0 Å². The molecular formula is C18H23N3O3. The van der Waals surface area contributed by atoms with Crippen LogP contribution in [0.4, 0.5) is 0 Å². The van der Waals surface area contributed by atoms with Gasteiger partial charge in [-0.25, -0.2) is 4.68 Å². The summed E-state index contributed by atoms with van der Waals surface area (Å²) in [5.41, 5.74) is 0.0629. The molecule has 128 valence electrons. The summed E-state index contributed by atoms with van der Waals surface area (Å²) in [7, 11) is 1.55. The van der Waals surface area contributed by atoms with Crippen LogP contribution < -0.4 is 5.56 Å². The summed E-state index contributed by atoms with van der Waals surface area (Å²) >= 11 is 0. The van der Waals surface area contributed by atoms with Crippen molar-refractivity contribution in [3.8, 4) is 0 Å². The van der Waals surface area contributed by atoms with Crippen LogP contribution in [-0.2, 0) is 13.5 Å². The van der Waals surface area contributed by atoms with E-state index in [2.05, 4.69) is 12.0 Å². The molecule has 3 rings (SSSR count). The second-order valence-corrected chi connectivity index (χ2v) is 6.48. The Morgan fingerprint density at radius 2 is 2.12 bits per heavy atom. The molecular weight excluding hydrogens is 306 g/mol. The highest BCUT2D eigenvalue weighted by atomic mass is 16.3. The van der Waals surface area contributed by atoms with Gasteiger partial charge in [0.2, 0.25) is 0 Å². The van der Waals surface area contributed by atoms with Crippen molar-refractivity contribution in [3.05, 3.63) is 51.8 Å². The molecule has 1 amide bonds. The van der Waals surface area contributed by atoms with E-state index in [4.69, 9.17) is 4.42 Å². The van der Waals surface area contributed by atoms with Crippen LogP contribution in [0.3, 0.4) is 0 Å². The topological polar surface area (TPSA) is 68.3 Å². The maximum atomic E-state index is 12.9. The maximum absolute atomic E-state index is 12.9. The van der Waals surface area contributed by atoms with Gasteiger partial charge in [0.15, 0.2) is 0 Å². The standard InChI is InChI=1S/C18H23N3O3/c1-4-13-5-7-16(24-13)15-11-12(2)9-10-21(15)18(23)14-6-8-17(22)20(3)19-14/h5-8,12,15H,4,9-11H2,1-3H3/t12-,15+/m1/s1. The van der Waals surface area contributed by atoms with E-state index in [1.807, 2.05) is 24.0 Å². The SMILES string of the molecule is CCc1ccc([C@@H]2C[C@H](C)CCN2C(=O)c2ccc(=O)n(C)n2)o1. The van der Waals surface area contributed by atoms with Gasteiger partial charge in [0.25, 0.3) is 11.5 Å². The van der Waals surface area contributed by atoms with Crippen LogP contribution in [0.5, 0.6) is 0 Å². The van der Waals surface area contributed by atoms with E-state index in [9.17, 15) is 9.59 Å². The van der Waals surface area contributed by atoms with Crippen molar-refractivity contribution in [3.63, 3.8) is 0 Å². The van der Waals surface area contributed by atoms with E-state index < -0.39 is 0 Å². The molecule has 1 fully saturated rings. The number of piperidine rings is 1. The number of aromatic nitrogens is 2. The molecule has 0 bridgehead atoms. The van der Waals surface area contributed by atoms with Crippen LogP contribution >= 0.6 is 0 Å². The van der Waals surface area contributed by atoms with E-state index in [0.717, 1.165) is 30.8 Å². The molecule has 0 spiro atoms. The van der Waals surface area contributed by atoms with Crippen LogP contribution in [0, 0.1) is 5.92 Å². The number of rotatable bonds is 3. The minimum atomic E-state index is -0.228. The van der Waals surface area contributed by atoms with Crippen molar-refractivity contribution >= 4 is 5.91 Å². The highest BCUT2D eigenvalue weighted by molar-refractivity contribution is 5.92. The van der Waals surface area contributed by atoms with Crippen LogP contribution in [0.1, 0.15) is 54.7 Å². The highest BCUT2D eigenvalue weighted by Crippen LogP contribution is 2.35. The molecule has 24 heavy (non-hydrogen) atoms. The van der Waals surface area contributed by atoms with Crippen molar-refractivity contribution < 1.29 is 9.21 Å². The highest BCUT2D eigenvalue weighted by Gasteiger charge is 2.34. The summed E-state index contributed by atoms with van der Waals surface area (Å²) in [4.78, 5) is 26.3. The smallest absolute Gasteiger partial charge is 0.274 e. The Morgan fingerprint density at radius 3 is 2.79 bits per heavy atom. The Hall–Kier alpha value is -2.37. The molecule has 1 aliphatic heterocycles. The number of carbonyl (C=O) groups excluding carboxylic acids is 1. The van der Waals surface area contributed by atoms with E-state index in [1.165, 1.54) is 16.8 Å². The fraction of sp³-hybridized carbons (Fsp3) is 0.500. The zero-order valence-corrected chi connectivity index (χ0v) is 14.4. The largest absolute Gasteiger partial charge is 0.464 e. The van der Waals surface area contributed by atoms with Crippen molar-refractivity contribution in [1.29, 1.82) is 0 Å². The average molecular weight is 329 g/mol. The van der Waals surface area contributed by atoms with Gasteiger partial charge in [-0.3, -0.25) is 9.59 Å². The minimum Gasteiger partial charge on any atom is -0.464 e. The fourth-order valence-corrected chi connectivity index (χ4v) is 3.18. The summed E-state index contributed by atoms with van der Waals surface area (Å²) in [6.45, 7) is 4.91. The summed E-state index contributed by atoms with van der Waals surface area (Å²) in [5.74, 6) is 2.13. The van der Waals surface area contributed by atoms with Gasteiger partial charge in [0.05, 0.1) is 6.04 Å². The molecule has 1 aliphatic rings. The Morgan fingerprint density at radius 1 is 1.33 bits per heavy atom. The lowest BCUT2D eigenvalue weighted by molar-refractivity contribution is 0.0510. The fourth-order valence-electron chi connectivity index (χ4n) is 3.18. The first-order valence-corrected chi connectivity index (χ1v) is 8.43. The average Bonchev–Trinajstić information content (AvgIpc) is 3.05. The van der Waals surface area contributed by atoms with Crippen LogP contribution in [-0.4, -0.2) is 27.1 Å². The molecule has 2 atom stereocenters. The number of furan rings is 1. The number of hydrogen-bond donors (Lipinski definition) is 0. The van der Waals surface area contributed by atoms with Crippen LogP contribution in [0.2, 0.25) is 0 Å². The summed E-state index contributed by atoms with van der Waals surface area (Å²) in [6.07, 6.45) is 2.65. The lowest BCUT2D eigenvalue weighted by atomic mass is 9.91. The molecule has 0 unspecified atom stereocenters. The first-order chi connectivity index (χ1) is 11.5. The molecule has 1 saturated heterocycles. The number of hydrogen-bond acceptors (Lipinski definition) is 4. The molecule has 0 radical (unpaired) electrons. The number of amides is 1. The van der Waals surface area contributed by atoms with Gasteiger partial charge in [0, 0.05) is 26.1 Å². The number of aryl methyl sites for hydroxylation is 2. The predicted octanol–water partition coefficient (Wildman–Crippen LogP) is 2.55. The van der Waals surface area contributed by atoms with Gasteiger partial charge in [-0.2, -0.15) is 5.10 Å². The van der Waals surface area contributed by atoms with Crippen molar-refractivity contribution in [1.82, 2.24) is 14.7 Å². The van der Waals surface area contributed by atoms with E-state index in [0.29, 0.717) is 18.2 Å². The Kier molecular flexibility index (Phi) is 4.55. The quantitative estimate of drug-likeness (QED) is 0.868. The van der Waals surface area contributed by atoms with E-state index in [1.54, 1.807) is 7.05 Å².